The summed E-state index contributed by atoms with van der Waals surface area (Å²) in [6.45, 7) is 2.04. The van der Waals surface area contributed by atoms with E-state index in [1.165, 1.54) is 28.4 Å². The van der Waals surface area contributed by atoms with Gasteiger partial charge < -0.3 is 28.5 Å². The van der Waals surface area contributed by atoms with Crippen LogP contribution in [0.15, 0.2) is 0 Å². The van der Waals surface area contributed by atoms with Gasteiger partial charge in [-0.3, -0.25) is 14.0 Å². The van der Waals surface area contributed by atoms with Gasteiger partial charge in [0.15, 0.2) is 0 Å². The molecule has 0 aliphatic carbocycles. The second-order valence-electron chi connectivity index (χ2n) is 5.06. The van der Waals surface area contributed by atoms with Gasteiger partial charge in [-0.2, -0.15) is 0 Å². The van der Waals surface area contributed by atoms with Crippen LogP contribution in [0.4, 0.5) is 0 Å². The minimum Gasteiger partial charge on any atom is -0.396 e. The average molecular weight is 374 g/mol. The summed E-state index contributed by atoms with van der Waals surface area (Å²) in [7, 11) is -2.82. The molecule has 1 heterocycles. The lowest BCUT2D eigenvalue weighted by Crippen LogP contribution is -2.56. The zero-order valence-corrected chi connectivity index (χ0v) is 16.0. The zero-order valence-electron chi connectivity index (χ0n) is 14.2. The van der Waals surface area contributed by atoms with Crippen LogP contribution in [0.1, 0.15) is 12.8 Å². The van der Waals surface area contributed by atoms with Crippen molar-refractivity contribution in [3.63, 3.8) is 0 Å². The summed E-state index contributed by atoms with van der Waals surface area (Å²) in [5.74, 6) is 0. The molecule has 0 aromatic carbocycles. The van der Waals surface area contributed by atoms with Crippen LogP contribution >= 0.6 is 15.2 Å². The van der Waals surface area contributed by atoms with Crippen LogP contribution in [0, 0.1) is 0 Å². The molecule has 23 heavy (non-hydrogen) atoms. The highest BCUT2D eigenvalue weighted by molar-refractivity contribution is 7.74. The molecule has 0 atom stereocenters. The smallest absolute Gasteiger partial charge is 0.362 e. The largest absolute Gasteiger partial charge is 0.396 e. The maximum atomic E-state index is 13.4. The average Bonchev–Trinajstić information content (AvgIpc) is 2.62. The van der Waals surface area contributed by atoms with E-state index in [1.807, 2.05) is 0 Å². The Balaban J connectivity index is 3.56. The highest BCUT2D eigenvalue weighted by atomic mass is 31.2. The first-order chi connectivity index (χ1) is 10.9. The number of aliphatic hydroxyl groups is 1. The number of hydrogen-bond donors (Lipinski definition) is 2. The van der Waals surface area contributed by atoms with Gasteiger partial charge in [0.1, 0.15) is 0 Å². The first-order valence-corrected chi connectivity index (χ1v) is 10.5. The van der Waals surface area contributed by atoms with Crippen LogP contribution in [0.2, 0.25) is 0 Å². The van der Waals surface area contributed by atoms with Crippen LogP contribution < -0.4 is 5.32 Å². The molecule has 1 saturated heterocycles. The fraction of sp³-hybridized carbons (Fsp3) is 1.00. The normalized spacial score (nSPS) is 18.3. The Kier molecular flexibility index (Phi) is 8.34. The first kappa shape index (κ1) is 21.2. The van der Waals surface area contributed by atoms with Gasteiger partial charge in [-0.15, -0.1) is 0 Å². The van der Waals surface area contributed by atoms with Gasteiger partial charge in [-0.05, 0) is 12.8 Å². The molecule has 9 nitrogen and oxygen atoms in total. The monoisotopic (exact) mass is 374 g/mol. The van der Waals surface area contributed by atoms with Crippen molar-refractivity contribution in [1.82, 2.24) is 10.2 Å². The Hall–Kier alpha value is 0.180. The molecule has 0 bridgehead atoms. The highest BCUT2D eigenvalue weighted by Gasteiger charge is 2.67. The second kappa shape index (κ2) is 9.04. The predicted octanol–water partition coefficient (Wildman–Crippen LogP) is 1.29. The van der Waals surface area contributed by atoms with E-state index in [-0.39, 0.29) is 19.4 Å². The lowest BCUT2D eigenvalue weighted by Gasteiger charge is -2.49. The summed E-state index contributed by atoms with van der Waals surface area (Å²) < 4.78 is 47.7. The molecule has 0 unspecified atom stereocenters. The number of piperazine rings is 1. The quantitative estimate of drug-likeness (QED) is 0.547. The maximum absolute atomic E-state index is 13.4. The molecule has 0 amide bonds. The van der Waals surface area contributed by atoms with E-state index in [1.54, 1.807) is 4.90 Å². The van der Waals surface area contributed by atoms with E-state index in [0.717, 1.165) is 0 Å². The summed E-state index contributed by atoms with van der Waals surface area (Å²) >= 11 is 0. The van der Waals surface area contributed by atoms with Crippen molar-refractivity contribution in [2.45, 2.75) is 17.9 Å². The third kappa shape index (κ3) is 3.73. The molecular formula is C12H28N2O7P2. The SMILES string of the molecule is COP(=O)(OC)C(CCCO)(N1CCNCC1)P(=O)(OC)OC. The molecule has 138 valence electrons. The summed E-state index contributed by atoms with van der Waals surface area (Å²) in [5.41, 5.74) is 0. The minimum atomic E-state index is -3.90. The van der Waals surface area contributed by atoms with Crippen LogP contribution in [0.3, 0.4) is 0 Å². The molecule has 2 N–H and O–H groups in total. The Bertz CT molecular complexity index is 415. The van der Waals surface area contributed by atoms with Crippen molar-refractivity contribution in [3.8, 4) is 0 Å². The number of hydrogen-bond acceptors (Lipinski definition) is 9. The van der Waals surface area contributed by atoms with Crippen molar-refractivity contribution in [1.29, 1.82) is 0 Å². The number of aliphatic hydroxyl groups excluding tert-OH is 1. The maximum Gasteiger partial charge on any atom is 0.362 e. The molecule has 1 aliphatic rings. The lowest BCUT2D eigenvalue weighted by atomic mass is 10.2. The van der Waals surface area contributed by atoms with Crippen LogP contribution in [0.25, 0.3) is 0 Å². The summed E-state index contributed by atoms with van der Waals surface area (Å²) in [5, 5.41) is 10.8. The molecule has 1 fully saturated rings. The molecule has 1 aliphatic heterocycles. The Morgan fingerprint density at radius 3 is 1.78 bits per heavy atom. The van der Waals surface area contributed by atoms with E-state index in [9.17, 15) is 14.2 Å². The molecule has 1 rings (SSSR count). The minimum absolute atomic E-state index is 0.0847. The fourth-order valence-corrected chi connectivity index (χ4v) is 8.61. The topological polar surface area (TPSA) is 107 Å². The Labute approximate surface area is 137 Å². The number of nitrogens with one attached hydrogen (secondary N) is 1. The van der Waals surface area contributed by atoms with E-state index < -0.39 is 20.2 Å². The van der Waals surface area contributed by atoms with Gasteiger partial charge in [0.05, 0.1) is 0 Å². The van der Waals surface area contributed by atoms with Crippen LogP contribution in [0.5, 0.6) is 0 Å². The van der Waals surface area contributed by atoms with E-state index in [4.69, 9.17) is 18.1 Å². The van der Waals surface area contributed by atoms with Gasteiger partial charge in [-0.1, -0.05) is 0 Å². The van der Waals surface area contributed by atoms with Crippen LogP contribution in [-0.2, 0) is 27.2 Å². The first-order valence-electron chi connectivity index (χ1n) is 7.41. The van der Waals surface area contributed by atoms with E-state index in [0.29, 0.717) is 26.2 Å². The predicted molar refractivity (Wildman–Crippen MR) is 86.7 cm³/mol. The lowest BCUT2D eigenvalue weighted by molar-refractivity contribution is 0.105. The van der Waals surface area contributed by atoms with Crippen molar-refractivity contribution >= 4 is 15.2 Å². The van der Waals surface area contributed by atoms with Crippen molar-refractivity contribution in [2.75, 3.05) is 61.2 Å². The summed E-state index contributed by atoms with van der Waals surface area (Å²) in [6, 6.07) is 0. The van der Waals surface area contributed by atoms with Gasteiger partial charge in [0, 0.05) is 61.2 Å². The second-order valence-corrected chi connectivity index (χ2v) is 10.3. The molecule has 0 radical (unpaired) electrons. The molecule has 0 saturated carbocycles. The molecule has 11 heteroatoms. The van der Waals surface area contributed by atoms with Gasteiger partial charge in [0.2, 0.25) is 5.02 Å². The van der Waals surface area contributed by atoms with Gasteiger partial charge in [0.25, 0.3) is 0 Å². The molecule has 0 aromatic rings. The Morgan fingerprint density at radius 1 is 1.00 bits per heavy atom. The van der Waals surface area contributed by atoms with Gasteiger partial charge >= 0.3 is 15.2 Å². The molecule has 0 aromatic heterocycles. The Morgan fingerprint density at radius 2 is 1.43 bits per heavy atom. The standard InChI is InChI=1S/C12H28N2O7P2/c1-18-22(16,19-2)12(6-5-11-15,23(17,20-3)21-4)14-9-7-13-8-10-14/h13,15H,5-11H2,1-4H3. The van der Waals surface area contributed by atoms with Crippen molar-refractivity contribution in [2.24, 2.45) is 0 Å². The number of rotatable bonds is 10. The molecule has 0 spiro atoms. The van der Waals surface area contributed by atoms with E-state index in [2.05, 4.69) is 5.32 Å². The van der Waals surface area contributed by atoms with Crippen molar-refractivity contribution in [3.05, 3.63) is 0 Å². The highest BCUT2D eigenvalue weighted by Crippen LogP contribution is 2.79. The van der Waals surface area contributed by atoms with Gasteiger partial charge in [-0.25, -0.2) is 0 Å². The summed E-state index contributed by atoms with van der Waals surface area (Å²) in [6.07, 6.45) is 0.332. The van der Waals surface area contributed by atoms with Crippen molar-refractivity contribution < 1.29 is 32.3 Å². The van der Waals surface area contributed by atoms with Crippen LogP contribution in [-0.4, -0.2) is 76.3 Å². The molecular weight excluding hydrogens is 346 g/mol. The number of nitrogens with zero attached hydrogens (tertiary/aromatic N) is 1. The zero-order chi connectivity index (χ0) is 17.6. The third-order valence-corrected chi connectivity index (χ3v) is 10.3. The van der Waals surface area contributed by atoms with E-state index >= 15 is 0 Å². The third-order valence-electron chi connectivity index (χ3n) is 4.13. The summed E-state index contributed by atoms with van der Waals surface area (Å²) in [4.78, 5) is 1.78. The fourth-order valence-electron chi connectivity index (χ4n) is 3.00.